The maximum absolute atomic E-state index is 13.2. The van der Waals surface area contributed by atoms with Crippen LogP contribution in [0.4, 0.5) is 26.3 Å². The van der Waals surface area contributed by atoms with Crippen molar-refractivity contribution in [2.75, 3.05) is 13.2 Å². The van der Waals surface area contributed by atoms with Gasteiger partial charge >= 0.3 is 12.4 Å². The van der Waals surface area contributed by atoms with Gasteiger partial charge in [-0.3, -0.25) is 4.79 Å². The summed E-state index contributed by atoms with van der Waals surface area (Å²) in [5.41, 5.74) is -2.78. The van der Waals surface area contributed by atoms with Crippen LogP contribution in [0, 0.1) is 5.92 Å². The number of hydrogen-bond acceptors (Lipinski definition) is 3. The van der Waals surface area contributed by atoms with Crippen LogP contribution in [0.25, 0.3) is 0 Å². The third-order valence-electron chi connectivity index (χ3n) is 6.07. The number of amides is 1. The quantitative estimate of drug-likeness (QED) is 0.481. The van der Waals surface area contributed by atoms with Crippen molar-refractivity contribution < 1.29 is 35.9 Å². The van der Waals surface area contributed by atoms with Gasteiger partial charge in [-0.2, -0.15) is 26.3 Å². The van der Waals surface area contributed by atoms with E-state index in [1.54, 1.807) is 13.8 Å². The molecule has 1 aliphatic heterocycles. The van der Waals surface area contributed by atoms with E-state index in [1.807, 2.05) is 30.3 Å². The third-order valence-corrected chi connectivity index (χ3v) is 6.07. The number of halogens is 6. The summed E-state index contributed by atoms with van der Waals surface area (Å²) in [7, 11) is 0. The molecule has 0 aliphatic carbocycles. The van der Waals surface area contributed by atoms with Crippen molar-refractivity contribution in [3.05, 3.63) is 70.8 Å². The molecule has 2 aromatic carbocycles. The van der Waals surface area contributed by atoms with Gasteiger partial charge in [-0.15, -0.1) is 0 Å². The predicted octanol–water partition coefficient (Wildman–Crippen LogP) is 5.66. The Morgan fingerprint density at radius 2 is 1.66 bits per heavy atom. The van der Waals surface area contributed by atoms with E-state index in [0.717, 1.165) is 5.56 Å². The Labute approximate surface area is 200 Å². The molecular weight excluding hydrogens is 474 g/mol. The summed E-state index contributed by atoms with van der Waals surface area (Å²) in [6.45, 7) is 3.64. The van der Waals surface area contributed by atoms with Crippen LogP contribution in [0.5, 0.6) is 0 Å². The molecule has 2 aromatic rings. The largest absolute Gasteiger partial charge is 0.416 e. The average molecular weight is 502 g/mol. The predicted molar refractivity (Wildman–Crippen MR) is 118 cm³/mol. The van der Waals surface area contributed by atoms with Crippen molar-refractivity contribution in [1.29, 1.82) is 0 Å². The van der Waals surface area contributed by atoms with Crippen LogP contribution in [0.2, 0.25) is 0 Å². The monoisotopic (exact) mass is 502 g/mol. The molecule has 2 atom stereocenters. The van der Waals surface area contributed by atoms with Crippen molar-refractivity contribution in [3.63, 3.8) is 0 Å². The lowest BCUT2D eigenvalue weighted by molar-refractivity contribution is -0.143. The lowest BCUT2D eigenvalue weighted by atomic mass is 9.81. The Balaban J connectivity index is 1.76. The SMILES string of the molecule is CC(C)C(=O)N[C@H]1CC[C@@](COCc2cc(C(F)(F)F)cc(C(F)(F)F)c2)(c2ccccc2)NC1. The maximum Gasteiger partial charge on any atom is 0.416 e. The second kappa shape index (κ2) is 10.6. The van der Waals surface area contributed by atoms with E-state index in [0.29, 0.717) is 31.5 Å². The lowest BCUT2D eigenvalue weighted by Gasteiger charge is -2.42. The van der Waals surface area contributed by atoms with E-state index in [4.69, 9.17) is 4.74 Å². The van der Waals surface area contributed by atoms with Crippen molar-refractivity contribution in [1.82, 2.24) is 10.6 Å². The summed E-state index contributed by atoms with van der Waals surface area (Å²) < 4.78 is 84.7. The Morgan fingerprint density at radius 1 is 1.06 bits per heavy atom. The summed E-state index contributed by atoms with van der Waals surface area (Å²) in [6.07, 6.45) is -8.65. The topological polar surface area (TPSA) is 50.4 Å². The number of ether oxygens (including phenoxy) is 1. The fraction of sp³-hybridized carbons (Fsp3) is 0.480. The van der Waals surface area contributed by atoms with Crippen molar-refractivity contribution in [2.24, 2.45) is 5.92 Å². The van der Waals surface area contributed by atoms with Crippen LogP contribution in [0.15, 0.2) is 48.5 Å². The zero-order valence-corrected chi connectivity index (χ0v) is 19.4. The first-order valence-corrected chi connectivity index (χ1v) is 11.3. The van der Waals surface area contributed by atoms with Gasteiger partial charge in [0.1, 0.15) is 0 Å². The van der Waals surface area contributed by atoms with Gasteiger partial charge in [0, 0.05) is 18.5 Å². The molecular formula is C25H28F6N2O2. The van der Waals surface area contributed by atoms with Gasteiger partial charge in [0.2, 0.25) is 5.91 Å². The lowest BCUT2D eigenvalue weighted by Crippen LogP contribution is -2.57. The number of hydrogen-bond donors (Lipinski definition) is 2. The highest BCUT2D eigenvalue weighted by molar-refractivity contribution is 5.78. The van der Waals surface area contributed by atoms with Crippen molar-refractivity contribution in [2.45, 2.75) is 57.2 Å². The minimum atomic E-state index is -4.92. The molecule has 1 fully saturated rings. The minimum Gasteiger partial charge on any atom is -0.374 e. The number of benzene rings is 2. The molecule has 1 amide bonds. The van der Waals surface area contributed by atoms with Gasteiger partial charge in [0.05, 0.1) is 29.9 Å². The number of carbonyl (C=O) groups is 1. The fourth-order valence-corrected chi connectivity index (χ4v) is 4.08. The molecule has 1 heterocycles. The molecule has 1 saturated heterocycles. The van der Waals surface area contributed by atoms with Crippen LogP contribution in [0.1, 0.15) is 48.9 Å². The zero-order chi connectivity index (χ0) is 25.9. The number of alkyl halides is 6. The van der Waals surface area contributed by atoms with Gasteiger partial charge in [0.25, 0.3) is 0 Å². The molecule has 1 aliphatic rings. The molecule has 2 N–H and O–H groups in total. The van der Waals surface area contributed by atoms with E-state index >= 15 is 0 Å². The van der Waals surface area contributed by atoms with Gasteiger partial charge in [-0.1, -0.05) is 44.2 Å². The molecule has 0 spiro atoms. The molecule has 10 heteroatoms. The molecule has 35 heavy (non-hydrogen) atoms. The molecule has 192 valence electrons. The van der Waals surface area contributed by atoms with Gasteiger partial charge in [-0.25, -0.2) is 0 Å². The van der Waals surface area contributed by atoms with Crippen LogP contribution >= 0.6 is 0 Å². The molecule has 4 nitrogen and oxygen atoms in total. The maximum atomic E-state index is 13.2. The van der Waals surface area contributed by atoms with Gasteiger partial charge < -0.3 is 15.4 Å². The number of carbonyl (C=O) groups excluding carboxylic acids is 1. The average Bonchev–Trinajstić information content (AvgIpc) is 2.79. The molecule has 0 saturated carbocycles. The third kappa shape index (κ3) is 6.98. The van der Waals surface area contributed by atoms with Crippen LogP contribution < -0.4 is 10.6 Å². The molecule has 3 rings (SSSR count). The first-order chi connectivity index (χ1) is 16.3. The number of piperidine rings is 1. The summed E-state index contributed by atoms with van der Waals surface area (Å²) in [5.74, 6) is -0.224. The van der Waals surface area contributed by atoms with E-state index in [9.17, 15) is 31.1 Å². The Hall–Kier alpha value is -2.59. The summed E-state index contributed by atoms with van der Waals surface area (Å²) in [4.78, 5) is 12.0. The Morgan fingerprint density at radius 3 is 2.14 bits per heavy atom. The summed E-state index contributed by atoms with van der Waals surface area (Å²) in [5, 5.41) is 6.38. The standard InChI is InChI=1S/C25H28F6N2O2/c1-16(2)22(34)33-21-8-9-23(32-13-21,18-6-4-3-5-7-18)15-35-14-17-10-19(24(26,27)28)12-20(11-17)25(29,30)31/h3-7,10-12,16,21,32H,8-9,13-15H2,1-2H3,(H,33,34)/t21-,23+/m0/s1. The van der Waals surface area contributed by atoms with E-state index in [-0.39, 0.29) is 36.1 Å². The Bertz CT molecular complexity index is 965. The van der Waals surface area contributed by atoms with E-state index in [2.05, 4.69) is 10.6 Å². The number of nitrogens with one attached hydrogen (secondary N) is 2. The molecule has 0 unspecified atom stereocenters. The summed E-state index contributed by atoms with van der Waals surface area (Å²) in [6, 6.07) is 10.6. The van der Waals surface area contributed by atoms with Gasteiger partial charge in [-0.05, 0) is 42.2 Å². The highest BCUT2D eigenvalue weighted by Crippen LogP contribution is 2.37. The Kier molecular flexibility index (Phi) is 8.16. The van der Waals surface area contributed by atoms with Crippen LogP contribution in [0.3, 0.4) is 0 Å². The van der Waals surface area contributed by atoms with Crippen LogP contribution in [-0.4, -0.2) is 25.1 Å². The smallest absolute Gasteiger partial charge is 0.374 e. The van der Waals surface area contributed by atoms with E-state index in [1.165, 1.54) is 0 Å². The zero-order valence-electron chi connectivity index (χ0n) is 19.4. The second-order valence-electron chi connectivity index (χ2n) is 9.13. The molecule has 0 aromatic heterocycles. The number of rotatable bonds is 7. The van der Waals surface area contributed by atoms with Crippen molar-refractivity contribution in [3.8, 4) is 0 Å². The molecule has 0 bridgehead atoms. The normalized spacial score (nSPS) is 21.2. The van der Waals surface area contributed by atoms with E-state index < -0.39 is 35.6 Å². The second-order valence-corrected chi connectivity index (χ2v) is 9.13. The summed E-state index contributed by atoms with van der Waals surface area (Å²) >= 11 is 0. The van der Waals surface area contributed by atoms with Gasteiger partial charge in [0.15, 0.2) is 0 Å². The molecule has 0 radical (unpaired) electrons. The van der Waals surface area contributed by atoms with Crippen LogP contribution in [-0.2, 0) is 34.0 Å². The fourth-order valence-electron chi connectivity index (χ4n) is 4.08. The first-order valence-electron chi connectivity index (χ1n) is 11.3. The van der Waals surface area contributed by atoms with Crippen molar-refractivity contribution >= 4 is 5.91 Å². The highest BCUT2D eigenvalue weighted by Gasteiger charge is 2.39. The first kappa shape index (κ1) is 27.0. The minimum absolute atomic E-state index is 0.0272. The highest BCUT2D eigenvalue weighted by atomic mass is 19.4.